The molecule has 3 saturated carbocycles. The summed E-state index contributed by atoms with van der Waals surface area (Å²) < 4.78 is 45.8. The lowest BCUT2D eigenvalue weighted by Gasteiger charge is -2.58. The summed E-state index contributed by atoms with van der Waals surface area (Å²) in [7, 11) is 0. The van der Waals surface area contributed by atoms with Gasteiger partial charge in [-0.2, -0.15) is 0 Å². The predicted molar refractivity (Wildman–Crippen MR) is 121 cm³/mol. The molecular weight excluding hydrogens is 356 g/mol. The first-order valence-corrected chi connectivity index (χ1v) is 12.1. The van der Waals surface area contributed by atoms with Crippen LogP contribution in [0.5, 0.6) is 0 Å². The number of hydrogen-bond donors (Lipinski definition) is 2. The van der Waals surface area contributed by atoms with Gasteiger partial charge in [0.25, 0.3) is 0 Å². The van der Waals surface area contributed by atoms with E-state index < -0.39 is 19.3 Å². The monoisotopic (exact) mass is 408 g/mol. The maximum atomic E-state index is 10.6. The highest BCUT2D eigenvalue weighted by atomic mass is 16.3. The molecule has 0 amide bonds. The summed E-state index contributed by atoms with van der Waals surface area (Å²) in [5.74, 6) is 3.02. The van der Waals surface area contributed by atoms with Crippen LogP contribution < -0.4 is 0 Å². The zero-order valence-corrected chi connectivity index (χ0v) is 18.7. The van der Waals surface area contributed by atoms with Crippen molar-refractivity contribution in [2.75, 3.05) is 0 Å². The highest BCUT2D eigenvalue weighted by Gasteiger charge is 2.59. The Morgan fingerprint density at radius 3 is 2.72 bits per heavy atom. The lowest BCUT2D eigenvalue weighted by Crippen LogP contribution is -2.50. The van der Waals surface area contributed by atoms with E-state index in [1.807, 2.05) is 0 Å². The summed E-state index contributed by atoms with van der Waals surface area (Å²) in [5.41, 5.74) is -0.641. The highest BCUT2D eigenvalue weighted by Crippen LogP contribution is 2.67. The molecule has 0 saturated heterocycles. The van der Waals surface area contributed by atoms with E-state index in [0.29, 0.717) is 36.0 Å². The number of allylic oxidation sites excluding steroid dienone is 1. The molecule has 1 unspecified atom stereocenters. The topological polar surface area (TPSA) is 40.5 Å². The minimum Gasteiger partial charge on any atom is -0.393 e. The van der Waals surface area contributed by atoms with Crippen LogP contribution in [-0.2, 0) is 0 Å². The number of aliphatic hydroxyl groups is 2. The number of fused-ring (bicyclic) bond motifs is 5. The fourth-order valence-corrected chi connectivity index (χ4v) is 8.50. The van der Waals surface area contributed by atoms with Gasteiger partial charge in [0.2, 0.25) is 0 Å². The van der Waals surface area contributed by atoms with E-state index in [1.165, 1.54) is 31.3 Å². The Morgan fingerprint density at radius 2 is 1.97 bits per heavy atom. The van der Waals surface area contributed by atoms with Crippen LogP contribution in [-0.4, -0.2) is 21.9 Å². The number of hydrogen-bond acceptors (Lipinski definition) is 2. The van der Waals surface area contributed by atoms with Gasteiger partial charge in [-0.1, -0.05) is 45.3 Å². The van der Waals surface area contributed by atoms with Crippen LogP contribution in [0, 0.1) is 40.4 Å². The quantitative estimate of drug-likeness (QED) is 0.509. The Hall–Kier alpha value is -0.340. The zero-order valence-electron chi connectivity index (χ0n) is 24.7. The van der Waals surface area contributed by atoms with E-state index >= 15 is 0 Å². The average Bonchev–Trinajstić information content (AvgIpc) is 3.09. The molecule has 0 aromatic carbocycles. The van der Waals surface area contributed by atoms with Gasteiger partial charge in [0.05, 0.1) is 11.7 Å². The third-order valence-corrected chi connectivity index (χ3v) is 10.0. The molecule has 0 bridgehead atoms. The molecular formula is C27H46O2. The van der Waals surface area contributed by atoms with Gasteiger partial charge in [0.15, 0.2) is 0 Å². The molecule has 0 aromatic rings. The van der Waals surface area contributed by atoms with Gasteiger partial charge in [-0.15, -0.1) is 0 Å². The Morgan fingerprint density at radius 1 is 1.17 bits per heavy atom. The SMILES string of the molecule is [2H]C([2H])([2H])C(O)(CCC[C@@H](C)[C@H]1CC[C@H]2[C@@H]3CC=C4C[C@@H](O)CC[C@]4(C)C3CC[C@]12C)C([2H])([2H])[2H]. The predicted octanol–water partition coefficient (Wildman–Crippen LogP) is 6.50. The zero-order chi connectivity index (χ0) is 26.0. The minimum atomic E-state index is -2.93. The van der Waals surface area contributed by atoms with Gasteiger partial charge in [-0.25, -0.2) is 0 Å². The minimum absolute atomic E-state index is 0.176. The van der Waals surface area contributed by atoms with Crippen molar-refractivity contribution in [3.05, 3.63) is 11.6 Å². The Bertz CT molecular complexity index is 805. The van der Waals surface area contributed by atoms with E-state index in [0.717, 1.165) is 32.1 Å². The van der Waals surface area contributed by atoms with Crippen molar-refractivity contribution >= 4 is 0 Å². The Kier molecular flexibility index (Phi) is 4.08. The van der Waals surface area contributed by atoms with Crippen molar-refractivity contribution in [1.82, 2.24) is 0 Å². The maximum Gasteiger partial charge on any atom is 0.0591 e. The van der Waals surface area contributed by atoms with Crippen molar-refractivity contribution in [3.8, 4) is 0 Å². The molecule has 0 aromatic heterocycles. The second-order valence-corrected chi connectivity index (χ2v) is 11.6. The van der Waals surface area contributed by atoms with Crippen LogP contribution in [0.15, 0.2) is 11.6 Å². The van der Waals surface area contributed by atoms with Gasteiger partial charge < -0.3 is 10.2 Å². The second-order valence-electron chi connectivity index (χ2n) is 11.6. The van der Waals surface area contributed by atoms with Gasteiger partial charge in [0.1, 0.15) is 0 Å². The molecule has 2 heteroatoms. The molecule has 0 spiro atoms. The van der Waals surface area contributed by atoms with Crippen LogP contribution in [0.4, 0.5) is 0 Å². The molecule has 166 valence electrons. The first-order valence-electron chi connectivity index (χ1n) is 15.1. The smallest absolute Gasteiger partial charge is 0.0591 e. The Balaban J connectivity index is 1.43. The molecule has 4 aliphatic rings. The fraction of sp³-hybridized carbons (Fsp3) is 0.926. The average molecular weight is 409 g/mol. The third-order valence-electron chi connectivity index (χ3n) is 10.0. The van der Waals surface area contributed by atoms with E-state index in [1.54, 1.807) is 0 Å². The van der Waals surface area contributed by atoms with E-state index in [-0.39, 0.29) is 23.4 Å². The molecule has 8 atom stereocenters. The van der Waals surface area contributed by atoms with Crippen molar-refractivity contribution < 1.29 is 18.4 Å². The van der Waals surface area contributed by atoms with Gasteiger partial charge >= 0.3 is 0 Å². The van der Waals surface area contributed by atoms with Gasteiger partial charge in [0, 0.05) is 8.22 Å². The van der Waals surface area contributed by atoms with Crippen LogP contribution in [0.2, 0.25) is 0 Å². The molecule has 0 aliphatic heterocycles. The number of rotatable bonds is 5. The first-order chi connectivity index (χ1) is 16.0. The molecule has 0 radical (unpaired) electrons. The molecule has 29 heavy (non-hydrogen) atoms. The molecule has 4 aliphatic carbocycles. The third kappa shape index (κ3) is 3.86. The molecule has 3 fully saturated rings. The Labute approximate surface area is 188 Å². The van der Waals surface area contributed by atoms with Crippen molar-refractivity contribution in [3.63, 3.8) is 0 Å². The van der Waals surface area contributed by atoms with Crippen LogP contribution in [0.25, 0.3) is 0 Å². The summed E-state index contributed by atoms with van der Waals surface area (Å²) >= 11 is 0. The summed E-state index contributed by atoms with van der Waals surface area (Å²) in [6.07, 6.45) is 12.1. The lowest BCUT2D eigenvalue weighted by molar-refractivity contribution is -0.0575. The van der Waals surface area contributed by atoms with Crippen molar-refractivity contribution in [2.24, 2.45) is 40.4 Å². The van der Waals surface area contributed by atoms with E-state index in [9.17, 15) is 10.2 Å². The van der Waals surface area contributed by atoms with Crippen LogP contribution in [0.1, 0.15) is 113 Å². The highest BCUT2D eigenvalue weighted by molar-refractivity contribution is 5.25. The van der Waals surface area contributed by atoms with Gasteiger partial charge in [-0.05, 0) is 112 Å². The largest absolute Gasteiger partial charge is 0.393 e. The summed E-state index contributed by atoms with van der Waals surface area (Å²) in [6, 6.07) is 0. The summed E-state index contributed by atoms with van der Waals surface area (Å²) in [5, 5.41) is 20.9. The van der Waals surface area contributed by atoms with Crippen molar-refractivity contribution in [2.45, 2.75) is 117 Å². The fourth-order valence-electron chi connectivity index (χ4n) is 8.50. The molecule has 2 nitrogen and oxygen atoms in total. The lowest BCUT2D eigenvalue weighted by atomic mass is 9.47. The normalized spacial score (nSPS) is 49.7. The molecule has 4 rings (SSSR count). The standard InChI is InChI=1S/C27H46O2/c1-18(7-6-14-25(2,3)29)22-10-11-23-21-9-8-19-17-20(28)12-15-26(19,4)24(21)13-16-27(22,23)5/h8,18,20-24,28-29H,6-7,9-17H2,1-5H3/t18-,20+,21+,22-,23+,24?,26+,27-/m1/s1/i2D3,3D3. The molecule has 0 heterocycles. The van der Waals surface area contributed by atoms with Crippen molar-refractivity contribution in [1.29, 1.82) is 0 Å². The van der Waals surface area contributed by atoms with Crippen LogP contribution >= 0.6 is 0 Å². The van der Waals surface area contributed by atoms with Crippen LogP contribution in [0.3, 0.4) is 0 Å². The van der Waals surface area contributed by atoms with E-state index in [2.05, 4.69) is 26.8 Å². The second kappa shape index (κ2) is 7.66. The van der Waals surface area contributed by atoms with E-state index in [4.69, 9.17) is 8.22 Å². The number of aliphatic hydroxyl groups excluding tert-OH is 1. The molecule has 2 N–H and O–H groups in total. The summed E-state index contributed by atoms with van der Waals surface area (Å²) in [6.45, 7) is 1.33. The van der Waals surface area contributed by atoms with Gasteiger partial charge in [-0.3, -0.25) is 0 Å². The maximum absolute atomic E-state index is 10.6. The first kappa shape index (κ1) is 15.5. The summed E-state index contributed by atoms with van der Waals surface area (Å²) in [4.78, 5) is 0.